The predicted octanol–water partition coefficient (Wildman–Crippen LogP) is 26.5. The van der Waals surface area contributed by atoms with Crippen LogP contribution in [0.5, 0.6) is 11.5 Å². The number of benzene rings is 17. The van der Waals surface area contributed by atoms with E-state index in [1.165, 1.54) is 16.4 Å². The molecule has 0 unspecified atom stereocenters. The second-order valence-electron chi connectivity index (χ2n) is 29.4. The van der Waals surface area contributed by atoms with Crippen molar-refractivity contribution in [2.24, 2.45) is 0 Å². The highest BCUT2D eigenvalue weighted by atomic mass is 16.5. The number of para-hydroxylation sites is 3. The summed E-state index contributed by atoms with van der Waals surface area (Å²) in [5, 5.41) is 0. The maximum atomic E-state index is 6.92. The SMILES string of the molecule is CC1(C)c2ccccc2Oc2ccc(-c3cc4c5c(c3)N(c3c(-c6cccc(-c7ccccc7)c6)cccc3-c3cccc(-c6ccccc6)c3)c3ccc(-c6ccccc6)cc3B5c3cc(-c5ccccc5)ccc3N4c3c(-c4cccc(-c5ccccc5)c4)cccc3-c3cccc(-c4ccccc4)c3)cc21. The van der Waals surface area contributed by atoms with Crippen LogP contribution in [0, 0.1) is 0 Å². The molecule has 0 N–H and O–H groups in total. The molecule has 0 atom stereocenters. The Bertz CT molecular complexity index is 5820. The average molecular weight is 1390 g/mol. The molecule has 0 saturated heterocycles. The van der Waals surface area contributed by atoms with Gasteiger partial charge in [-0.15, -0.1) is 0 Å². The molecule has 512 valence electrons. The Hall–Kier alpha value is -13.8. The lowest BCUT2D eigenvalue weighted by Crippen LogP contribution is -2.61. The number of fused-ring (bicyclic) bond motifs is 6. The van der Waals surface area contributed by atoms with Gasteiger partial charge in [0.25, 0.3) is 6.71 Å². The molecule has 0 aliphatic carbocycles. The molecule has 3 aliphatic heterocycles. The first-order chi connectivity index (χ1) is 53.8. The quantitative estimate of drug-likeness (QED) is 0.107. The van der Waals surface area contributed by atoms with Crippen molar-refractivity contribution in [2.45, 2.75) is 19.3 Å². The fourth-order valence-corrected chi connectivity index (χ4v) is 17.4. The molecule has 0 fully saturated rings. The highest BCUT2D eigenvalue weighted by Crippen LogP contribution is 2.56. The minimum atomic E-state index is -0.399. The van der Waals surface area contributed by atoms with Gasteiger partial charge in [-0.1, -0.05) is 354 Å². The van der Waals surface area contributed by atoms with Crippen LogP contribution in [-0.4, -0.2) is 6.71 Å². The summed E-state index contributed by atoms with van der Waals surface area (Å²) in [6.07, 6.45) is 0. The van der Waals surface area contributed by atoms with Gasteiger partial charge >= 0.3 is 0 Å². The van der Waals surface area contributed by atoms with Crippen LogP contribution in [0.4, 0.5) is 34.1 Å². The molecule has 3 nitrogen and oxygen atoms in total. The Morgan fingerprint density at radius 3 is 0.862 bits per heavy atom. The number of ether oxygens (including phenoxy) is 1. The van der Waals surface area contributed by atoms with Crippen molar-refractivity contribution in [1.82, 2.24) is 0 Å². The number of anilines is 6. The van der Waals surface area contributed by atoms with Crippen LogP contribution in [0.15, 0.2) is 406 Å². The van der Waals surface area contributed by atoms with E-state index >= 15 is 0 Å². The largest absolute Gasteiger partial charge is 0.457 e. The van der Waals surface area contributed by atoms with Crippen molar-refractivity contribution in [3.05, 3.63) is 418 Å². The Morgan fingerprint density at radius 2 is 0.495 bits per heavy atom. The third-order valence-corrected chi connectivity index (χ3v) is 22.7. The number of hydrogen-bond donors (Lipinski definition) is 0. The zero-order chi connectivity index (χ0) is 72.5. The molecule has 17 aromatic carbocycles. The van der Waals surface area contributed by atoms with Crippen LogP contribution in [0.1, 0.15) is 25.0 Å². The zero-order valence-electron chi connectivity index (χ0n) is 60.6. The summed E-state index contributed by atoms with van der Waals surface area (Å²) in [5.41, 5.74) is 36.9. The van der Waals surface area contributed by atoms with E-state index in [0.717, 1.165) is 179 Å². The van der Waals surface area contributed by atoms with E-state index in [4.69, 9.17) is 4.74 Å². The average Bonchev–Trinajstić information content (AvgIpc) is 0.666. The van der Waals surface area contributed by atoms with Crippen LogP contribution >= 0.6 is 0 Å². The van der Waals surface area contributed by atoms with Crippen molar-refractivity contribution in [3.8, 4) is 134 Å². The van der Waals surface area contributed by atoms with E-state index in [1.54, 1.807) is 0 Å². The lowest BCUT2D eigenvalue weighted by molar-refractivity contribution is 0.418. The Balaban J connectivity index is 0.946. The monoisotopic (exact) mass is 1390 g/mol. The van der Waals surface area contributed by atoms with E-state index < -0.39 is 5.41 Å². The maximum absolute atomic E-state index is 6.92. The fraction of sp³-hybridized carbons (Fsp3) is 0.0286. The van der Waals surface area contributed by atoms with E-state index in [-0.39, 0.29) is 6.71 Å². The minimum absolute atomic E-state index is 0.298. The fourth-order valence-electron chi connectivity index (χ4n) is 17.4. The van der Waals surface area contributed by atoms with Crippen LogP contribution in [0.25, 0.3) is 122 Å². The first-order valence-corrected chi connectivity index (χ1v) is 37.8. The molecule has 109 heavy (non-hydrogen) atoms. The van der Waals surface area contributed by atoms with Crippen LogP contribution < -0.4 is 30.9 Å². The number of rotatable bonds is 13. The van der Waals surface area contributed by atoms with E-state index in [2.05, 4.69) is 430 Å². The van der Waals surface area contributed by atoms with Crippen molar-refractivity contribution in [2.75, 3.05) is 9.80 Å². The summed E-state index contributed by atoms with van der Waals surface area (Å²) >= 11 is 0. The van der Waals surface area contributed by atoms with Crippen molar-refractivity contribution >= 4 is 57.2 Å². The lowest BCUT2D eigenvalue weighted by Gasteiger charge is -2.46. The van der Waals surface area contributed by atoms with E-state index in [0.29, 0.717) is 0 Å². The first-order valence-electron chi connectivity index (χ1n) is 37.8. The van der Waals surface area contributed by atoms with Gasteiger partial charge in [-0.05, 0) is 183 Å². The second-order valence-corrected chi connectivity index (χ2v) is 29.4. The Kier molecular flexibility index (Phi) is 16.0. The summed E-state index contributed by atoms with van der Waals surface area (Å²) in [4.78, 5) is 5.37. The summed E-state index contributed by atoms with van der Waals surface area (Å²) < 4.78 is 6.92. The van der Waals surface area contributed by atoms with Gasteiger partial charge in [0.05, 0.1) is 11.4 Å². The summed E-state index contributed by atoms with van der Waals surface area (Å²) in [6.45, 7) is 4.39. The molecule has 3 aliphatic rings. The van der Waals surface area contributed by atoms with Gasteiger partial charge in [-0.3, -0.25) is 0 Å². The Labute approximate surface area is 638 Å². The molecule has 0 aromatic heterocycles. The van der Waals surface area contributed by atoms with Gasteiger partial charge in [0.2, 0.25) is 0 Å². The molecule has 0 spiro atoms. The molecule has 0 radical (unpaired) electrons. The number of hydrogen-bond acceptors (Lipinski definition) is 3. The van der Waals surface area contributed by atoms with Crippen molar-refractivity contribution in [1.29, 1.82) is 0 Å². The third-order valence-electron chi connectivity index (χ3n) is 22.7. The standard InChI is InChI=1S/C105H73BN2O/c1-105(2)92-53-21-22-54-100(92)109-101-60-57-80(65-93(101)105)87-68-98-102-99(69-87)108(104-90(85-47-25-43-78(63-85)72-33-13-5-14-34-72)51-28-52-91(104)86-48-26-44-79(64-86)73-35-15-6-16-36-73)97-59-56-82(75-39-19-8-20-40-75)67-95(97)106(102)94-66-81(74-37-17-7-18-38-74)55-58-96(94)107(98)103-88(83-45-23-41-76(61-83)70-29-9-3-10-30-70)49-27-50-89(103)84-46-24-42-77(62-84)71-31-11-4-12-32-71/h3-69H,1-2H3. The third kappa shape index (κ3) is 11.5. The molecular formula is C105H73BN2O. The smallest absolute Gasteiger partial charge is 0.252 e. The highest BCUT2D eigenvalue weighted by molar-refractivity contribution is 7.00. The number of nitrogens with zero attached hydrogens (tertiary/aromatic N) is 2. The van der Waals surface area contributed by atoms with Gasteiger partial charge in [-0.25, -0.2) is 0 Å². The van der Waals surface area contributed by atoms with Crippen LogP contribution in [0.3, 0.4) is 0 Å². The molecule has 0 bridgehead atoms. The molecule has 0 amide bonds. The molecule has 17 aromatic rings. The van der Waals surface area contributed by atoms with E-state index in [9.17, 15) is 0 Å². The van der Waals surface area contributed by atoms with E-state index in [1.807, 2.05) is 0 Å². The molecule has 3 heterocycles. The van der Waals surface area contributed by atoms with Gasteiger partial charge in [0.15, 0.2) is 0 Å². The first kappa shape index (κ1) is 64.8. The van der Waals surface area contributed by atoms with Crippen molar-refractivity contribution < 1.29 is 4.74 Å². The second kappa shape index (κ2) is 27.0. The van der Waals surface area contributed by atoms with Crippen LogP contribution in [-0.2, 0) is 5.41 Å². The highest BCUT2D eigenvalue weighted by Gasteiger charge is 2.46. The molecular weight excluding hydrogens is 1320 g/mol. The maximum Gasteiger partial charge on any atom is 0.252 e. The molecule has 0 saturated carbocycles. The van der Waals surface area contributed by atoms with Gasteiger partial charge in [0.1, 0.15) is 11.5 Å². The van der Waals surface area contributed by atoms with Crippen molar-refractivity contribution in [3.63, 3.8) is 0 Å². The summed E-state index contributed by atoms with van der Waals surface area (Å²) in [6, 6.07) is 151. The molecule has 20 rings (SSSR count). The van der Waals surface area contributed by atoms with Gasteiger partial charge in [0, 0.05) is 61.5 Å². The van der Waals surface area contributed by atoms with Crippen LogP contribution in [0.2, 0.25) is 0 Å². The molecule has 4 heteroatoms. The minimum Gasteiger partial charge on any atom is -0.457 e. The zero-order valence-corrected chi connectivity index (χ0v) is 60.6. The normalized spacial score (nSPS) is 12.8. The summed E-state index contributed by atoms with van der Waals surface area (Å²) in [7, 11) is 0. The topological polar surface area (TPSA) is 15.7 Å². The predicted molar refractivity (Wildman–Crippen MR) is 459 cm³/mol. The summed E-state index contributed by atoms with van der Waals surface area (Å²) in [5.74, 6) is 1.76. The Morgan fingerprint density at radius 1 is 0.211 bits per heavy atom. The van der Waals surface area contributed by atoms with Gasteiger partial charge in [-0.2, -0.15) is 0 Å². The lowest BCUT2D eigenvalue weighted by atomic mass is 9.33. The van der Waals surface area contributed by atoms with Gasteiger partial charge < -0.3 is 14.5 Å².